The van der Waals surface area contributed by atoms with Crippen molar-refractivity contribution in [3.63, 3.8) is 0 Å². The van der Waals surface area contributed by atoms with Crippen LogP contribution in [0.5, 0.6) is 0 Å². The van der Waals surface area contributed by atoms with Crippen LogP contribution in [-0.4, -0.2) is 0 Å². The van der Waals surface area contributed by atoms with Crippen molar-refractivity contribution in [2.75, 3.05) is 0 Å². The van der Waals surface area contributed by atoms with E-state index in [1.165, 1.54) is 26.4 Å². The quantitative estimate of drug-likeness (QED) is 0.503. The molecule has 0 aliphatic rings. The Bertz CT molecular complexity index is 605. The normalized spacial score (nSPS) is 11.2. The van der Waals surface area contributed by atoms with Gasteiger partial charge in [0, 0.05) is 4.70 Å². The summed E-state index contributed by atoms with van der Waals surface area (Å²) in [6, 6.07) is 13.1. The van der Waals surface area contributed by atoms with E-state index in [2.05, 4.69) is 48.7 Å². The molecule has 0 saturated carbocycles. The highest BCUT2D eigenvalue weighted by Crippen LogP contribution is 2.30. The number of rotatable bonds is 0. The van der Waals surface area contributed by atoms with E-state index in [-0.39, 0.29) is 0 Å². The minimum atomic E-state index is 1.35. The average Bonchev–Trinajstić information content (AvgIpc) is 2.66. The molecule has 14 heavy (non-hydrogen) atoms. The first-order valence-electron chi connectivity index (χ1n) is 4.72. The van der Waals surface area contributed by atoms with Gasteiger partial charge >= 0.3 is 0 Å². The highest BCUT2D eigenvalue weighted by atomic mass is 32.1. The summed E-state index contributed by atoms with van der Waals surface area (Å²) in [5.41, 5.74) is 1.36. The Morgan fingerprint density at radius 1 is 0.929 bits per heavy atom. The molecule has 0 radical (unpaired) electrons. The lowest BCUT2D eigenvalue weighted by atomic mass is 10.0. The molecule has 0 unspecified atom stereocenters. The van der Waals surface area contributed by atoms with Gasteiger partial charge in [0.2, 0.25) is 0 Å². The van der Waals surface area contributed by atoms with E-state index < -0.39 is 0 Å². The highest BCUT2D eigenvalue weighted by molar-refractivity contribution is 7.18. The summed E-state index contributed by atoms with van der Waals surface area (Å²) in [6.07, 6.45) is 0. The zero-order valence-corrected chi connectivity index (χ0v) is 8.77. The second-order valence-corrected chi connectivity index (χ2v) is 4.49. The summed E-state index contributed by atoms with van der Waals surface area (Å²) >= 11 is 1.83. The first kappa shape index (κ1) is 8.01. The predicted octanol–water partition coefficient (Wildman–Crippen LogP) is 4.36. The predicted molar refractivity (Wildman–Crippen MR) is 64.1 cm³/mol. The van der Waals surface area contributed by atoms with Gasteiger partial charge in [-0.3, -0.25) is 0 Å². The van der Waals surface area contributed by atoms with Gasteiger partial charge in [0.15, 0.2) is 0 Å². The summed E-state index contributed by atoms with van der Waals surface area (Å²) in [5.74, 6) is 0. The average molecular weight is 198 g/mol. The topological polar surface area (TPSA) is 0 Å². The zero-order valence-electron chi connectivity index (χ0n) is 7.95. The number of aryl methyl sites for hydroxylation is 1. The summed E-state index contributed by atoms with van der Waals surface area (Å²) in [6.45, 7) is 2.17. The van der Waals surface area contributed by atoms with Gasteiger partial charge in [-0.2, -0.15) is 0 Å². The van der Waals surface area contributed by atoms with Crippen LogP contribution in [-0.2, 0) is 0 Å². The van der Waals surface area contributed by atoms with Crippen LogP contribution < -0.4 is 0 Å². The van der Waals surface area contributed by atoms with Gasteiger partial charge in [0.05, 0.1) is 0 Å². The molecule has 3 aromatic rings. The summed E-state index contributed by atoms with van der Waals surface area (Å²) in [7, 11) is 0. The van der Waals surface area contributed by atoms with Crippen molar-refractivity contribution in [1.82, 2.24) is 0 Å². The third kappa shape index (κ3) is 0.992. The van der Waals surface area contributed by atoms with Crippen LogP contribution in [0.25, 0.3) is 20.9 Å². The molecule has 0 fully saturated rings. The first-order chi connectivity index (χ1) is 6.86. The maximum atomic E-state index is 2.22. The Balaban J connectivity index is 2.64. The van der Waals surface area contributed by atoms with Gasteiger partial charge in [0.1, 0.15) is 0 Å². The van der Waals surface area contributed by atoms with Crippen molar-refractivity contribution in [3.8, 4) is 0 Å². The van der Waals surface area contributed by atoms with E-state index in [0.717, 1.165) is 0 Å². The molecule has 1 aromatic heterocycles. The zero-order chi connectivity index (χ0) is 9.54. The van der Waals surface area contributed by atoms with E-state index in [4.69, 9.17) is 0 Å². The van der Waals surface area contributed by atoms with Crippen molar-refractivity contribution in [3.05, 3.63) is 47.3 Å². The maximum Gasteiger partial charge on any atom is 0.0421 e. The maximum absolute atomic E-state index is 2.22. The number of hydrogen-bond donors (Lipinski definition) is 0. The van der Waals surface area contributed by atoms with Crippen molar-refractivity contribution in [1.29, 1.82) is 0 Å². The van der Waals surface area contributed by atoms with Crippen LogP contribution in [0, 0.1) is 6.92 Å². The molecule has 3 rings (SSSR count). The van der Waals surface area contributed by atoms with Crippen LogP contribution in [0.15, 0.2) is 41.8 Å². The molecule has 0 spiro atoms. The van der Waals surface area contributed by atoms with E-state index in [1.54, 1.807) is 0 Å². The lowest BCUT2D eigenvalue weighted by Gasteiger charge is -2.02. The van der Waals surface area contributed by atoms with Gasteiger partial charge in [0.25, 0.3) is 0 Å². The van der Waals surface area contributed by atoms with Crippen LogP contribution >= 0.6 is 11.3 Å². The smallest absolute Gasteiger partial charge is 0.0421 e. The van der Waals surface area contributed by atoms with E-state index in [9.17, 15) is 0 Å². The van der Waals surface area contributed by atoms with Crippen molar-refractivity contribution in [2.24, 2.45) is 0 Å². The van der Waals surface area contributed by atoms with Crippen molar-refractivity contribution < 1.29 is 0 Å². The third-order valence-electron chi connectivity index (χ3n) is 2.69. The molecule has 1 heteroatoms. The second kappa shape index (κ2) is 2.82. The van der Waals surface area contributed by atoms with Gasteiger partial charge in [-0.05, 0) is 40.1 Å². The Kier molecular flexibility index (Phi) is 1.62. The Hall–Kier alpha value is -1.34. The van der Waals surface area contributed by atoms with Gasteiger partial charge in [-0.15, -0.1) is 11.3 Å². The fourth-order valence-corrected chi connectivity index (χ4v) is 2.87. The Morgan fingerprint density at radius 2 is 1.86 bits per heavy atom. The minimum absolute atomic E-state index is 1.35. The third-order valence-corrected chi connectivity index (χ3v) is 3.66. The standard InChI is InChI=1S/C13H10S/c1-9-3-2-4-12-11(9)6-5-10-7-8-14-13(10)12/h2-8H,1H3. The molecule has 0 saturated heterocycles. The largest absolute Gasteiger partial charge is 0.143 e. The molecule has 68 valence electrons. The van der Waals surface area contributed by atoms with Gasteiger partial charge in [-0.1, -0.05) is 30.3 Å². The van der Waals surface area contributed by atoms with Crippen LogP contribution in [0.3, 0.4) is 0 Å². The van der Waals surface area contributed by atoms with Crippen molar-refractivity contribution >= 4 is 32.2 Å². The van der Waals surface area contributed by atoms with Crippen LogP contribution in [0.4, 0.5) is 0 Å². The molecule has 0 atom stereocenters. The summed E-state index contributed by atoms with van der Waals surface area (Å²) in [5, 5.41) is 6.28. The van der Waals surface area contributed by atoms with Crippen LogP contribution in [0.1, 0.15) is 5.56 Å². The molecule has 0 nitrogen and oxygen atoms in total. The lowest BCUT2D eigenvalue weighted by molar-refractivity contribution is 1.54. The summed E-state index contributed by atoms with van der Waals surface area (Å²) < 4.78 is 1.41. The number of hydrogen-bond acceptors (Lipinski definition) is 1. The molecule has 0 aliphatic heterocycles. The van der Waals surface area contributed by atoms with E-state index >= 15 is 0 Å². The molecule has 0 amide bonds. The van der Waals surface area contributed by atoms with Gasteiger partial charge in [-0.25, -0.2) is 0 Å². The lowest BCUT2D eigenvalue weighted by Crippen LogP contribution is -1.77. The highest BCUT2D eigenvalue weighted by Gasteiger charge is 2.02. The molecule has 2 aromatic carbocycles. The molecule has 0 bridgehead atoms. The minimum Gasteiger partial charge on any atom is -0.143 e. The SMILES string of the molecule is Cc1cccc2c1ccc1ccsc12. The van der Waals surface area contributed by atoms with Crippen molar-refractivity contribution in [2.45, 2.75) is 6.92 Å². The first-order valence-corrected chi connectivity index (χ1v) is 5.60. The molecule has 1 heterocycles. The molecular formula is C13H10S. The number of thiophene rings is 1. The number of benzene rings is 2. The fourth-order valence-electron chi connectivity index (χ4n) is 1.94. The molecule has 0 aliphatic carbocycles. The van der Waals surface area contributed by atoms with E-state index in [0.29, 0.717) is 0 Å². The van der Waals surface area contributed by atoms with Gasteiger partial charge < -0.3 is 0 Å². The Morgan fingerprint density at radius 3 is 2.79 bits per heavy atom. The Labute approximate surface area is 86.8 Å². The second-order valence-electron chi connectivity index (χ2n) is 3.57. The molecule has 0 N–H and O–H groups in total. The molecular weight excluding hydrogens is 188 g/mol. The fraction of sp³-hybridized carbons (Fsp3) is 0.0769. The van der Waals surface area contributed by atoms with E-state index in [1.807, 2.05) is 11.3 Å². The monoisotopic (exact) mass is 198 g/mol. The van der Waals surface area contributed by atoms with Crippen LogP contribution in [0.2, 0.25) is 0 Å². The summed E-state index contributed by atoms with van der Waals surface area (Å²) in [4.78, 5) is 0. The number of fused-ring (bicyclic) bond motifs is 3.